The van der Waals surface area contributed by atoms with Crippen molar-refractivity contribution in [1.82, 2.24) is 4.98 Å². The van der Waals surface area contributed by atoms with E-state index in [0.29, 0.717) is 5.92 Å². The SMILES string of the molecule is Bc1c(C)nc(O)c(C(C)C)c1B. The fraction of sp³-hybridized carbons (Fsp3) is 0.444. The molecule has 0 amide bonds. The fourth-order valence-corrected chi connectivity index (χ4v) is 1.64. The van der Waals surface area contributed by atoms with Crippen LogP contribution in [0.3, 0.4) is 0 Å². The summed E-state index contributed by atoms with van der Waals surface area (Å²) in [7, 11) is 4.09. The van der Waals surface area contributed by atoms with Crippen molar-refractivity contribution in [2.45, 2.75) is 26.7 Å². The number of rotatable bonds is 1. The zero-order valence-electron chi connectivity index (χ0n) is 8.97. The maximum Gasteiger partial charge on any atom is 0.213 e. The summed E-state index contributed by atoms with van der Waals surface area (Å²) in [6, 6.07) is 0. The van der Waals surface area contributed by atoms with Gasteiger partial charge in [-0.25, -0.2) is 4.98 Å². The Balaban J connectivity index is 3.44. The number of aromatic nitrogens is 1. The highest BCUT2D eigenvalue weighted by atomic mass is 16.3. The minimum absolute atomic E-state index is 0.190. The van der Waals surface area contributed by atoms with Gasteiger partial charge in [-0.2, -0.15) is 0 Å². The van der Waals surface area contributed by atoms with Crippen molar-refractivity contribution >= 4 is 26.6 Å². The molecular weight excluding hydrogens is 160 g/mol. The first kappa shape index (κ1) is 10.2. The van der Waals surface area contributed by atoms with Crippen LogP contribution in [-0.4, -0.2) is 25.8 Å². The monoisotopic (exact) mass is 175 g/mol. The number of hydrogen-bond acceptors (Lipinski definition) is 2. The second-order valence-corrected chi connectivity index (χ2v) is 3.84. The van der Waals surface area contributed by atoms with Crippen molar-refractivity contribution < 1.29 is 5.11 Å². The Labute approximate surface area is 81.2 Å². The van der Waals surface area contributed by atoms with E-state index in [1.54, 1.807) is 0 Å². The van der Waals surface area contributed by atoms with Crippen LogP contribution in [0.15, 0.2) is 0 Å². The lowest BCUT2D eigenvalue weighted by Crippen LogP contribution is -2.33. The van der Waals surface area contributed by atoms with Gasteiger partial charge >= 0.3 is 0 Å². The van der Waals surface area contributed by atoms with Gasteiger partial charge in [0.05, 0.1) is 0 Å². The number of aryl methyl sites for hydroxylation is 1. The molecule has 0 aliphatic heterocycles. The first-order chi connectivity index (χ1) is 5.95. The lowest BCUT2D eigenvalue weighted by Gasteiger charge is -2.15. The average molecular weight is 175 g/mol. The van der Waals surface area contributed by atoms with Gasteiger partial charge in [0.25, 0.3) is 0 Å². The van der Waals surface area contributed by atoms with E-state index in [4.69, 9.17) is 0 Å². The molecule has 0 radical (unpaired) electrons. The minimum atomic E-state index is 0.190. The number of aromatic hydroxyl groups is 1. The maximum atomic E-state index is 9.66. The summed E-state index contributed by atoms with van der Waals surface area (Å²) in [6.45, 7) is 6.06. The molecule has 1 aromatic heterocycles. The molecule has 0 unspecified atom stereocenters. The normalized spacial score (nSPS) is 10.8. The van der Waals surface area contributed by atoms with E-state index < -0.39 is 0 Å². The highest BCUT2D eigenvalue weighted by Crippen LogP contribution is 2.19. The van der Waals surface area contributed by atoms with E-state index in [1.165, 1.54) is 10.9 Å². The van der Waals surface area contributed by atoms with Crippen LogP contribution in [0.5, 0.6) is 5.88 Å². The molecule has 0 spiro atoms. The molecule has 0 bridgehead atoms. The van der Waals surface area contributed by atoms with Crippen molar-refractivity contribution in [2.75, 3.05) is 0 Å². The smallest absolute Gasteiger partial charge is 0.213 e. The highest BCUT2D eigenvalue weighted by molar-refractivity contribution is 6.49. The molecule has 0 saturated carbocycles. The Morgan fingerprint density at radius 2 is 1.77 bits per heavy atom. The summed E-state index contributed by atoms with van der Waals surface area (Å²) in [4.78, 5) is 4.11. The summed E-state index contributed by atoms with van der Waals surface area (Å²) >= 11 is 0. The Morgan fingerprint density at radius 1 is 1.23 bits per heavy atom. The Morgan fingerprint density at radius 3 is 2.23 bits per heavy atom. The van der Waals surface area contributed by atoms with Crippen LogP contribution in [0.25, 0.3) is 0 Å². The summed E-state index contributed by atoms with van der Waals surface area (Å²) in [5.74, 6) is 0.516. The minimum Gasteiger partial charge on any atom is -0.493 e. The first-order valence-electron chi connectivity index (χ1n) is 4.61. The van der Waals surface area contributed by atoms with Crippen LogP contribution in [-0.2, 0) is 0 Å². The van der Waals surface area contributed by atoms with Crippen molar-refractivity contribution in [3.63, 3.8) is 0 Å². The second kappa shape index (κ2) is 3.44. The molecule has 1 rings (SSSR count). The van der Waals surface area contributed by atoms with Gasteiger partial charge in [0.2, 0.25) is 5.88 Å². The number of hydrogen-bond donors (Lipinski definition) is 1. The molecule has 13 heavy (non-hydrogen) atoms. The zero-order chi connectivity index (χ0) is 10.2. The maximum absolute atomic E-state index is 9.66. The van der Waals surface area contributed by atoms with E-state index in [1.807, 2.05) is 22.6 Å². The molecule has 0 fully saturated rings. The molecular formula is C9H15B2NO. The summed E-state index contributed by atoms with van der Waals surface area (Å²) in [5, 5.41) is 9.66. The molecule has 1 N–H and O–H groups in total. The standard InChI is InChI=1S/C9H15B2NO/c1-4(2)6-8(11)7(10)5(3)12-9(6)13/h4H,10-11H2,1-3H3,(H,12,13). The second-order valence-electron chi connectivity index (χ2n) is 3.84. The predicted octanol–water partition coefficient (Wildman–Crippen LogP) is -1.26. The van der Waals surface area contributed by atoms with E-state index in [2.05, 4.69) is 18.8 Å². The zero-order valence-corrected chi connectivity index (χ0v) is 8.97. The molecule has 0 atom stereocenters. The van der Waals surface area contributed by atoms with Gasteiger partial charge in [-0.15, -0.1) is 0 Å². The van der Waals surface area contributed by atoms with E-state index in [0.717, 1.165) is 11.3 Å². The van der Waals surface area contributed by atoms with Crippen LogP contribution in [0, 0.1) is 6.92 Å². The third-order valence-corrected chi connectivity index (χ3v) is 2.60. The molecule has 0 aromatic carbocycles. The van der Waals surface area contributed by atoms with Gasteiger partial charge in [0, 0.05) is 11.3 Å². The summed E-state index contributed by atoms with van der Waals surface area (Å²) in [6.07, 6.45) is 0. The third kappa shape index (κ3) is 1.71. The van der Waals surface area contributed by atoms with E-state index in [9.17, 15) is 5.11 Å². The van der Waals surface area contributed by atoms with Crippen molar-refractivity contribution in [1.29, 1.82) is 0 Å². The van der Waals surface area contributed by atoms with Gasteiger partial charge in [-0.1, -0.05) is 24.8 Å². The Bertz CT molecular complexity index is 337. The van der Waals surface area contributed by atoms with Crippen LogP contribution >= 0.6 is 0 Å². The van der Waals surface area contributed by atoms with Gasteiger partial charge in [-0.05, 0) is 12.8 Å². The molecule has 1 aromatic rings. The number of nitrogens with zero attached hydrogens (tertiary/aromatic N) is 1. The van der Waals surface area contributed by atoms with E-state index in [-0.39, 0.29) is 5.88 Å². The van der Waals surface area contributed by atoms with Crippen molar-refractivity contribution in [3.8, 4) is 5.88 Å². The fourth-order valence-electron chi connectivity index (χ4n) is 1.64. The average Bonchev–Trinajstić information content (AvgIpc) is 1.99. The molecule has 1 heterocycles. The Hall–Kier alpha value is -0.920. The number of pyridine rings is 1. The van der Waals surface area contributed by atoms with Crippen LogP contribution in [0.4, 0.5) is 0 Å². The van der Waals surface area contributed by atoms with Crippen molar-refractivity contribution in [3.05, 3.63) is 11.3 Å². The van der Waals surface area contributed by atoms with E-state index >= 15 is 0 Å². The topological polar surface area (TPSA) is 33.1 Å². The summed E-state index contributed by atoms with van der Waals surface area (Å²) in [5.41, 5.74) is 4.24. The van der Waals surface area contributed by atoms with Gasteiger partial charge < -0.3 is 5.11 Å². The third-order valence-electron chi connectivity index (χ3n) is 2.60. The largest absolute Gasteiger partial charge is 0.493 e. The first-order valence-corrected chi connectivity index (χ1v) is 4.61. The molecule has 0 saturated heterocycles. The van der Waals surface area contributed by atoms with Crippen molar-refractivity contribution in [2.24, 2.45) is 0 Å². The lowest BCUT2D eigenvalue weighted by molar-refractivity contribution is 0.443. The predicted molar refractivity (Wildman–Crippen MR) is 61.1 cm³/mol. The van der Waals surface area contributed by atoms with Gasteiger partial charge in [0.15, 0.2) is 0 Å². The van der Waals surface area contributed by atoms with Crippen LogP contribution in [0.1, 0.15) is 31.0 Å². The van der Waals surface area contributed by atoms with Gasteiger partial charge in [0.1, 0.15) is 15.7 Å². The van der Waals surface area contributed by atoms with Crippen LogP contribution < -0.4 is 10.9 Å². The van der Waals surface area contributed by atoms with Crippen LogP contribution in [0.2, 0.25) is 0 Å². The molecule has 0 aliphatic carbocycles. The quantitative estimate of drug-likeness (QED) is 0.540. The molecule has 68 valence electrons. The highest BCUT2D eigenvalue weighted by Gasteiger charge is 2.13. The molecule has 4 heteroatoms. The Kier molecular flexibility index (Phi) is 2.69. The molecule has 2 nitrogen and oxygen atoms in total. The summed E-state index contributed by atoms with van der Waals surface area (Å²) < 4.78 is 0. The molecule has 0 aliphatic rings. The lowest BCUT2D eigenvalue weighted by atomic mass is 9.75. The van der Waals surface area contributed by atoms with Gasteiger partial charge in [-0.3, -0.25) is 0 Å².